The highest BCUT2D eigenvalue weighted by atomic mass is 35.5. The Morgan fingerprint density at radius 1 is 1.21 bits per heavy atom. The average Bonchev–Trinajstić information content (AvgIpc) is 2.47. The Kier molecular flexibility index (Phi) is 4.31. The van der Waals surface area contributed by atoms with Gasteiger partial charge in [-0.1, -0.05) is 29.8 Å². The third-order valence-corrected chi connectivity index (χ3v) is 2.78. The molecule has 1 aromatic carbocycles. The molecule has 2 aromatic rings. The Bertz CT molecular complexity index is 591. The fourth-order valence-corrected chi connectivity index (χ4v) is 1.72. The number of aromatic nitrogens is 1. The second-order valence-corrected chi connectivity index (χ2v) is 4.25. The number of carbonyl (C=O) groups excluding carboxylic acids is 1. The van der Waals surface area contributed by atoms with E-state index in [1.807, 2.05) is 18.2 Å². The van der Waals surface area contributed by atoms with E-state index in [1.54, 1.807) is 36.5 Å². The summed E-state index contributed by atoms with van der Waals surface area (Å²) in [6.07, 6.45) is 3.36. The van der Waals surface area contributed by atoms with Crippen LogP contribution in [0.4, 0.5) is 0 Å². The topological polar surface area (TPSA) is 39.2 Å². The molecule has 0 N–H and O–H groups in total. The van der Waals surface area contributed by atoms with Crippen molar-refractivity contribution in [2.24, 2.45) is 0 Å². The second kappa shape index (κ2) is 6.16. The van der Waals surface area contributed by atoms with Crippen LogP contribution in [0.15, 0.2) is 48.7 Å². The molecule has 3 nitrogen and oxygen atoms in total. The number of methoxy groups -OCH3 is 1. The Labute approximate surface area is 116 Å². The largest absolute Gasteiger partial charge is 0.465 e. The first kappa shape index (κ1) is 13.3. The van der Waals surface area contributed by atoms with Crippen LogP contribution in [0.2, 0.25) is 5.02 Å². The number of carbonyl (C=O) groups is 1. The summed E-state index contributed by atoms with van der Waals surface area (Å²) in [7, 11) is 1.35. The van der Waals surface area contributed by atoms with Crippen LogP contribution in [0.3, 0.4) is 0 Å². The quantitative estimate of drug-likeness (QED) is 0.635. The van der Waals surface area contributed by atoms with E-state index < -0.39 is 5.97 Å². The Hall–Kier alpha value is -2.13. The Morgan fingerprint density at radius 3 is 2.53 bits per heavy atom. The fraction of sp³-hybridized carbons (Fsp3) is 0.0667. The van der Waals surface area contributed by atoms with Crippen molar-refractivity contribution < 1.29 is 9.53 Å². The monoisotopic (exact) mass is 273 g/mol. The van der Waals surface area contributed by atoms with Crippen LogP contribution < -0.4 is 0 Å². The molecular formula is C15H12ClNO2. The number of esters is 1. The molecule has 0 saturated heterocycles. The molecule has 0 bridgehead atoms. The molecule has 0 amide bonds. The van der Waals surface area contributed by atoms with Crippen molar-refractivity contribution >= 4 is 29.2 Å². The lowest BCUT2D eigenvalue weighted by atomic mass is 10.1. The second-order valence-electron chi connectivity index (χ2n) is 3.82. The number of halogens is 1. The summed E-state index contributed by atoms with van der Waals surface area (Å²) in [6, 6.07) is 12.6. The first-order valence-electron chi connectivity index (χ1n) is 5.67. The molecule has 0 spiro atoms. The molecule has 2 rings (SSSR count). The maximum atomic E-state index is 11.8. The van der Waals surface area contributed by atoms with Gasteiger partial charge in [0.05, 0.1) is 18.4 Å². The van der Waals surface area contributed by atoms with Gasteiger partial charge in [-0.05, 0) is 35.9 Å². The lowest BCUT2D eigenvalue weighted by molar-refractivity contribution is -0.133. The van der Waals surface area contributed by atoms with E-state index in [1.165, 1.54) is 7.11 Å². The number of pyridine rings is 1. The minimum Gasteiger partial charge on any atom is -0.465 e. The highest BCUT2D eigenvalue weighted by molar-refractivity contribution is 6.30. The predicted octanol–water partition coefficient (Wildman–Crippen LogP) is 3.45. The number of hydrogen-bond donors (Lipinski definition) is 0. The standard InChI is InChI=1S/C15H12ClNO2/c1-19-15(18)13(14-4-2-3-9-17-14)10-11-5-7-12(16)8-6-11/h2-10H,1H3/b13-10-. The highest BCUT2D eigenvalue weighted by Crippen LogP contribution is 2.19. The van der Waals surface area contributed by atoms with Crippen LogP contribution in [0.1, 0.15) is 11.3 Å². The van der Waals surface area contributed by atoms with Crippen molar-refractivity contribution in [3.8, 4) is 0 Å². The number of ether oxygens (including phenoxy) is 1. The van der Waals surface area contributed by atoms with Gasteiger partial charge in [0, 0.05) is 11.2 Å². The molecule has 4 heteroatoms. The minimum absolute atomic E-state index is 0.408. The van der Waals surface area contributed by atoms with E-state index in [0.717, 1.165) is 5.56 Å². The molecule has 0 fully saturated rings. The molecule has 0 radical (unpaired) electrons. The van der Waals surface area contributed by atoms with Crippen molar-refractivity contribution in [2.75, 3.05) is 7.11 Å². The first-order valence-corrected chi connectivity index (χ1v) is 6.05. The predicted molar refractivity (Wildman–Crippen MR) is 75.6 cm³/mol. The summed E-state index contributed by atoms with van der Waals surface area (Å²) in [5, 5.41) is 0.648. The van der Waals surface area contributed by atoms with Crippen LogP contribution in [0, 0.1) is 0 Å². The van der Waals surface area contributed by atoms with Gasteiger partial charge in [-0.15, -0.1) is 0 Å². The summed E-state index contributed by atoms with van der Waals surface area (Å²) < 4.78 is 4.79. The SMILES string of the molecule is COC(=O)/C(=C\c1ccc(Cl)cc1)c1ccccn1. The summed E-state index contributed by atoms with van der Waals surface area (Å²) in [5.74, 6) is -0.423. The van der Waals surface area contributed by atoms with E-state index >= 15 is 0 Å². The van der Waals surface area contributed by atoms with Crippen molar-refractivity contribution in [2.45, 2.75) is 0 Å². The van der Waals surface area contributed by atoms with Gasteiger partial charge < -0.3 is 4.74 Å². The van der Waals surface area contributed by atoms with Gasteiger partial charge in [0.15, 0.2) is 0 Å². The summed E-state index contributed by atoms with van der Waals surface area (Å²) >= 11 is 5.83. The lowest BCUT2D eigenvalue weighted by Gasteiger charge is -2.05. The summed E-state index contributed by atoms with van der Waals surface area (Å²) in [5.41, 5.74) is 1.84. The summed E-state index contributed by atoms with van der Waals surface area (Å²) in [6.45, 7) is 0. The first-order chi connectivity index (χ1) is 9.20. The fourth-order valence-electron chi connectivity index (χ4n) is 1.60. The van der Waals surface area contributed by atoms with Gasteiger partial charge in [-0.2, -0.15) is 0 Å². The maximum absolute atomic E-state index is 11.8. The molecule has 0 aliphatic carbocycles. The van der Waals surface area contributed by atoms with Gasteiger partial charge in [0.1, 0.15) is 0 Å². The van der Waals surface area contributed by atoms with Gasteiger partial charge in [0.25, 0.3) is 0 Å². The van der Waals surface area contributed by atoms with Gasteiger partial charge in [0.2, 0.25) is 0 Å². The number of rotatable bonds is 3. The van der Waals surface area contributed by atoms with Crippen LogP contribution in [0.25, 0.3) is 11.6 Å². The third kappa shape index (κ3) is 3.42. The zero-order valence-electron chi connectivity index (χ0n) is 10.3. The van der Waals surface area contributed by atoms with Crippen LogP contribution in [0.5, 0.6) is 0 Å². The van der Waals surface area contributed by atoms with E-state index in [-0.39, 0.29) is 0 Å². The van der Waals surface area contributed by atoms with Crippen LogP contribution >= 0.6 is 11.6 Å². The van der Waals surface area contributed by atoms with E-state index in [0.29, 0.717) is 16.3 Å². The van der Waals surface area contributed by atoms with Crippen LogP contribution in [-0.2, 0) is 9.53 Å². The minimum atomic E-state index is -0.423. The molecular weight excluding hydrogens is 262 g/mol. The Morgan fingerprint density at radius 2 is 1.95 bits per heavy atom. The third-order valence-electron chi connectivity index (χ3n) is 2.53. The lowest BCUT2D eigenvalue weighted by Crippen LogP contribution is -2.05. The van der Waals surface area contributed by atoms with Crippen LogP contribution in [-0.4, -0.2) is 18.1 Å². The molecule has 0 unspecified atom stereocenters. The highest BCUT2D eigenvalue weighted by Gasteiger charge is 2.13. The van der Waals surface area contributed by atoms with Crippen molar-refractivity contribution in [3.63, 3.8) is 0 Å². The average molecular weight is 274 g/mol. The van der Waals surface area contributed by atoms with Gasteiger partial charge in [-0.3, -0.25) is 4.98 Å². The number of benzene rings is 1. The van der Waals surface area contributed by atoms with Gasteiger partial charge >= 0.3 is 5.97 Å². The van der Waals surface area contributed by atoms with E-state index in [4.69, 9.17) is 16.3 Å². The van der Waals surface area contributed by atoms with Gasteiger partial charge in [-0.25, -0.2) is 4.79 Å². The van der Waals surface area contributed by atoms with Crippen molar-refractivity contribution in [1.82, 2.24) is 4.98 Å². The molecule has 96 valence electrons. The molecule has 1 aromatic heterocycles. The zero-order valence-corrected chi connectivity index (χ0v) is 11.1. The Balaban J connectivity index is 2.44. The smallest absolute Gasteiger partial charge is 0.340 e. The molecule has 0 saturated carbocycles. The molecule has 0 atom stereocenters. The maximum Gasteiger partial charge on any atom is 0.340 e. The number of hydrogen-bond acceptors (Lipinski definition) is 3. The normalized spacial score (nSPS) is 11.2. The van der Waals surface area contributed by atoms with Crippen molar-refractivity contribution in [1.29, 1.82) is 0 Å². The van der Waals surface area contributed by atoms with E-state index in [2.05, 4.69) is 4.98 Å². The molecule has 1 heterocycles. The van der Waals surface area contributed by atoms with E-state index in [9.17, 15) is 4.79 Å². The molecule has 0 aliphatic rings. The summed E-state index contributed by atoms with van der Waals surface area (Å²) in [4.78, 5) is 16.0. The zero-order chi connectivity index (χ0) is 13.7. The molecule has 19 heavy (non-hydrogen) atoms. The number of nitrogens with zero attached hydrogens (tertiary/aromatic N) is 1. The van der Waals surface area contributed by atoms with Crippen molar-refractivity contribution in [3.05, 3.63) is 64.9 Å². The molecule has 0 aliphatic heterocycles.